The van der Waals surface area contributed by atoms with Crippen molar-refractivity contribution in [3.8, 4) is 0 Å². The fourth-order valence-electron chi connectivity index (χ4n) is 4.05. The molecule has 2 aliphatic rings. The molecule has 1 aromatic carbocycles. The van der Waals surface area contributed by atoms with Crippen molar-refractivity contribution in [3.05, 3.63) is 29.6 Å². The van der Waals surface area contributed by atoms with Crippen molar-refractivity contribution < 1.29 is 33.4 Å². The Bertz CT molecular complexity index is 924. The predicted octanol–water partition coefficient (Wildman–Crippen LogP) is 2.98. The molecule has 0 aromatic heterocycles. The van der Waals surface area contributed by atoms with Gasteiger partial charge in [0.15, 0.2) is 0 Å². The topological polar surface area (TPSA) is 108 Å². The Balaban J connectivity index is 1.53. The Morgan fingerprint density at radius 1 is 1.29 bits per heavy atom. The molecule has 2 heterocycles. The summed E-state index contributed by atoms with van der Waals surface area (Å²) in [5.74, 6) is -0.688. The lowest BCUT2D eigenvalue weighted by Gasteiger charge is -2.38. The van der Waals surface area contributed by atoms with Gasteiger partial charge in [-0.2, -0.15) is 0 Å². The lowest BCUT2D eigenvalue weighted by atomic mass is 9.86. The van der Waals surface area contributed by atoms with E-state index in [1.165, 1.54) is 17.9 Å². The Hall–Kier alpha value is -2.88. The standard InChI is InChI=1S/C24H34FN3O6/c1-16(29)26-14-19-15-28(22(31)33-19)18-6-5-17(20(25)13-18)7-8-24(32)9-11-27(12-10-24)21(30)34-23(2,3)4/h5-6,13,19,32H,7-12,14-15H2,1-4H3,(H,26,29)/t19-/m0/s1. The van der Waals surface area contributed by atoms with Gasteiger partial charge in [0.05, 0.1) is 24.4 Å². The van der Waals surface area contributed by atoms with Gasteiger partial charge in [-0.1, -0.05) is 6.07 Å². The van der Waals surface area contributed by atoms with Gasteiger partial charge in [0.25, 0.3) is 0 Å². The van der Waals surface area contributed by atoms with Crippen molar-refractivity contribution in [2.24, 2.45) is 0 Å². The van der Waals surface area contributed by atoms with E-state index in [0.717, 1.165) is 0 Å². The molecule has 188 valence electrons. The van der Waals surface area contributed by atoms with Crippen LogP contribution >= 0.6 is 0 Å². The van der Waals surface area contributed by atoms with Crippen molar-refractivity contribution in [1.29, 1.82) is 0 Å². The summed E-state index contributed by atoms with van der Waals surface area (Å²) in [6.45, 7) is 7.97. The minimum atomic E-state index is -0.987. The van der Waals surface area contributed by atoms with Gasteiger partial charge in [-0.25, -0.2) is 14.0 Å². The number of carbonyl (C=O) groups excluding carboxylic acids is 3. The van der Waals surface area contributed by atoms with Crippen LogP contribution in [0, 0.1) is 5.82 Å². The molecule has 1 atom stereocenters. The molecule has 9 nitrogen and oxygen atoms in total. The number of halogens is 1. The quantitative estimate of drug-likeness (QED) is 0.650. The van der Waals surface area contributed by atoms with Crippen molar-refractivity contribution in [2.75, 3.05) is 31.1 Å². The van der Waals surface area contributed by atoms with E-state index >= 15 is 0 Å². The van der Waals surface area contributed by atoms with Gasteiger partial charge in [-0.15, -0.1) is 0 Å². The number of likely N-dealkylation sites (tertiary alicyclic amines) is 1. The molecule has 0 radical (unpaired) electrons. The highest BCUT2D eigenvalue weighted by Gasteiger charge is 2.36. The highest BCUT2D eigenvalue weighted by atomic mass is 19.1. The Kier molecular flexibility index (Phi) is 7.70. The number of piperidine rings is 1. The second-order valence-corrected chi connectivity index (χ2v) is 10.0. The van der Waals surface area contributed by atoms with Crippen molar-refractivity contribution >= 4 is 23.8 Å². The maximum absolute atomic E-state index is 14.8. The third kappa shape index (κ3) is 6.82. The Morgan fingerprint density at radius 3 is 2.56 bits per heavy atom. The summed E-state index contributed by atoms with van der Waals surface area (Å²) < 4.78 is 25.4. The number of carbonyl (C=O) groups is 3. The van der Waals surface area contributed by atoms with Crippen molar-refractivity contribution in [3.63, 3.8) is 0 Å². The number of ether oxygens (including phenoxy) is 2. The van der Waals surface area contributed by atoms with Gasteiger partial charge in [0, 0.05) is 20.0 Å². The van der Waals surface area contributed by atoms with Crippen molar-refractivity contribution in [2.45, 2.75) is 70.7 Å². The molecule has 3 rings (SSSR count). The largest absolute Gasteiger partial charge is 0.444 e. The van der Waals surface area contributed by atoms with Gasteiger partial charge in [-0.3, -0.25) is 9.69 Å². The van der Waals surface area contributed by atoms with Gasteiger partial charge >= 0.3 is 12.2 Å². The van der Waals surface area contributed by atoms with Crippen LogP contribution in [0.25, 0.3) is 0 Å². The summed E-state index contributed by atoms with van der Waals surface area (Å²) in [6.07, 6.45) is -0.0206. The first kappa shape index (κ1) is 25.7. The summed E-state index contributed by atoms with van der Waals surface area (Å²) >= 11 is 0. The summed E-state index contributed by atoms with van der Waals surface area (Å²) in [4.78, 5) is 38.3. The monoisotopic (exact) mass is 479 g/mol. The van der Waals surface area contributed by atoms with Gasteiger partial charge in [-0.05, 0) is 64.2 Å². The summed E-state index contributed by atoms with van der Waals surface area (Å²) in [7, 11) is 0. The fraction of sp³-hybridized carbons (Fsp3) is 0.625. The number of rotatable bonds is 6. The average molecular weight is 480 g/mol. The smallest absolute Gasteiger partial charge is 0.414 e. The molecule has 34 heavy (non-hydrogen) atoms. The molecule has 2 saturated heterocycles. The van der Waals surface area contributed by atoms with Crippen LogP contribution in [0.3, 0.4) is 0 Å². The molecule has 2 fully saturated rings. The normalized spacial score (nSPS) is 20.2. The summed E-state index contributed by atoms with van der Waals surface area (Å²) in [5, 5.41) is 13.5. The maximum atomic E-state index is 14.8. The van der Waals surface area contributed by atoms with Crippen LogP contribution in [0.5, 0.6) is 0 Å². The Labute approximate surface area is 199 Å². The van der Waals surface area contributed by atoms with E-state index in [1.54, 1.807) is 17.0 Å². The van der Waals surface area contributed by atoms with E-state index in [0.29, 0.717) is 50.0 Å². The number of benzene rings is 1. The van der Waals surface area contributed by atoms with Crippen LogP contribution in [0.2, 0.25) is 0 Å². The Morgan fingerprint density at radius 2 is 1.97 bits per heavy atom. The number of aliphatic hydroxyl groups is 1. The lowest BCUT2D eigenvalue weighted by Crippen LogP contribution is -2.48. The maximum Gasteiger partial charge on any atom is 0.414 e. The molecule has 1 aromatic rings. The first-order valence-electron chi connectivity index (χ1n) is 11.6. The fourth-order valence-corrected chi connectivity index (χ4v) is 4.05. The number of amides is 3. The number of anilines is 1. The SMILES string of the molecule is CC(=O)NC[C@H]1CN(c2ccc(CCC3(O)CCN(C(=O)OC(C)(C)C)CC3)c(F)c2)C(=O)O1. The molecule has 2 aliphatic heterocycles. The second-order valence-electron chi connectivity index (χ2n) is 10.0. The predicted molar refractivity (Wildman–Crippen MR) is 123 cm³/mol. The molecule has 3 amide bonds. The minimum absolute atomic E-state index is 0.197. The molecule has 2 N–H and O–H groups in total. The number of nitrogens with one attached hydrogen (secondary N) is 1. The van der Waals surface area contributed by atoms with Crippen molar-refractivity contribution in [1.82, 2.24) is 10.2 Å². The summed E-state index contributed by atoms with van der Waals surface area (Å²) in [5.41, 5.74) is -0.749. The van der Waals surface area contributed by atoms with E-state index in [2.05, 4.69) is 5.32 Å². The van der Waals surface area contributed by atoms with Crippen LogP contribution in [0.4, 0.5) is 19.7 Å². The van der Waals surface area contributed by atoms with Crippen LogP contribution in [-0.2, 0) is 20.7 Å². The molecule has 0 saturated carbocycles. The number of aryl methyl sites for hydroxylation is 1. The third-order valence-corrected chi connectivity index (χ3v) is 6.01. The molecule has 0 aliphatic carbocycles. The van der Waals surface area contributed by atoms with Gasteiger partial charge in [0.1, 0.15) is 17.5 Å². The molecular weight excluding hydrogens is 445 g/mol. The number of cyclic esters (lactones) is 1. The first-order chi connectivity index (χ1) is 15.8. The van der Waals surface area contributed by atoms with Gasteiger partial charge < -0.3 is 24.8 Å². The third-order valence-electron chi connectivity index (χ3n) is 6.01. The van der Waals surface area contributed by atoms with Crippen LogP contribution in [0.15, 0.2) is 18.2 Å². The molecule has 0 unspecified atom stereocenters. The van der Waals surface area contributed by atoms with E-state index in [1.807, 2.05) is 20.8 Å². The minimum Gasteiger partial charge on any atom is -0.444 e. The zero-order chi connectivity index (χ0) is 25.1. The zero-order valence-corrected chi connectivity index (χ0v) is 20.2. The molecular formula is C24H34FN3O6. The highest BCUT2D eigenvalue weighted by Crippen LogP contribution is 2.30. The van der Waals surface area contributed by atoms with Gasteiger partial charge in [0.2, 0.25) is 5.91 Å². The lowest BCUT2D eigenvalue weighted by molar-refractivity contribution is -0.119. The van der Waals surface area contributed by atoms with E-state index in [4.69, 9.17) is 9.47 Å². The summed E-state index contributed by atoms with van der Waals surface area (Å²) in [6, 6.07) is 4.54. The van der Waals surface area contributed by atoms with Crippen LogP contribution < -0.4 is 10.2 Å². The molecule has 10 heteroatoms. The molecule has 0 spiro atoms. The van der Waals surface area contributed by atoms with E-state index < -0.39 is 35.3 Å². The molecule has 0 bridgehead atoms. The number of hydrogen-bond acceptors (Lipinski definition) is 6. The van der Waals surface area contributed by atoms with Crippen LogP contribution in [0.1, 0.15) is 52.5 Å². The first-order valence-corrected chi connectivity index (χ1v) is 11.6. The average Bonchev–Trinajstić information content (AvgIpc) is 3.11. The number of hydrogen-bond donors (Lipinski definition) is 2. The van der Waals surface area contributed by atoms with E-state index in [-0.39, 0.29) is 19.0 Å². The highest BCUT2D eigenvalue weighted by molar-refractivity contribution is 5.89. The van der Waals surface area contributed by atoms with Crippen LogP contribution in [-0.4, -0.2) is 71.6 Å². The number of nitrogens with zero attached hydrogens (tertiary/aromatic N) is 2. The second kappa shape index (κ2) is 10.2. The van der Waals surface area contributed by atoms with E-state index in [9.17, 15) is 23.9 Å². The zero-order valence-electron chi connectivity index (χ0n) is 20.2.